The number of halogens is 2. The molecule has 7 heteroatoms. The van der Waals surface area contributed by atoms with Crippen molar-refractivity contribution in [3.05, 3.63) is 35.6 Å². The van der Waals surface area contributed by atoms with Crippen LogP contribution in [0, 0.1) is 11.7 Å². The molecule has 0 aliphatic heterocycles. The zero-order chi connectivity index (χ0) is 16.8. The fourth-order valence-electron chi connectivity index (χ4n) is 2.91. The molecule has 0 saturated heterocycles. The quantitative estimate of drug-likeness (QED) is 0.815. The molecule has 2 rings (SSSR count). The summed E-state index contributed by atoms with van der Waals surface area (Å²) in [5.74, 6) is -0.735. The van der Waals surface area contributed by atoms with Crippen LogP contribution in [0.2, 0.25) is 0 Å². The summed E-state index contributed by atoms with van der Waals surface area (Å²) in [7, 11) is 0. The van der Waals surface area contributed by atoms with Gasteiger partial charge in [-0.3, -0.25) is 9.59 Å². The first-order valence-corrected chi connectivity index (χ1v) is 8.06. The lowest BCUT2D eigenvalue weighted by Gasteiger charge is -2.25. The number of rotatable bonds is 6. The predicted octanol–water partition coefficient (Wildman–Crippen LogP) is 1.84. The molecule has 0 spiro atoms. The first-order valence-electron chi connectivity index (χ1n) is 8.06. The van der Waals surface area contributed by atoms with Crippen molar-refractivity contribution in [1.82, 2.24) is 10.2 Å². The van der Waals surface area contributed by atoms with Crippen LogP contribution in [0.15, 0.2) is 24.3 Å². The number of nitrogens with one attached hydrogen (secondary N) is 1. The summed E-state index contributed by atoms with van der Waals surface area (Å²) >= 11 is 0. The van der Waals surface area contributed by atoms with Gasteiger partial charge in [-0.2, -0.15) is 0 Å². The van der Waals surface area contributed by atoms with Crippen molar-refractivity contribution in [1.29, 1.82) is 0 Å². The van der Waals surface area contributed by atoms with Crippen LogP contribution in [0.5, 0.6) is 0 Å². The van der Waals surface area contributed by atoms with E-state index in [4.69, 9.17) is 5.73 Å². The molecule has 5 nitrogen and oxygen atoms in total. The van der Waals surface area contributed by atoms with E-state index in [1.54, 1.807) is 17.0 Å². The molecule has 0 heterocycles. The summed E-state index contributed by atoms with van der Waals surface area (Å²) in [6, 6.07) is 5.85. The molecule has 2 atom stereocenters. The summed E-state index contributed by atoms with van der Waals surface area (Å²) in [6.07, 6.45) is 2.63. The molecule has 2 unspecified atom stereocenters. The maximum absolute atomic E-state index is 12.8. The lowest BCUT2D eigenvalue weighted by Crippen LogP contribution is -2.46. The van der Waals surface area contributed by atoms with Crippen molar-refractivity contribution in [3.63, 3.8) is 0 Å². The minimum atomic E-state index is -0.310. The van der Waals surface area contributed by atoms with Gasteiger partial charge in [-0.1, -0.05) is 18.6 Å². The number of nitrogens with zero attached hydrogens (tertiary/aromatic N) is 1. The first-order chi connectivity index (χ1) is 11.0. The molecule has 0 radical (unpaired) electrons. The van der Waals surface area contributed by atoms with Crippen LogP contribution in [0.4, 0.5) is 4.39 Å². The molecule has 134 valence electrons. The van der Waals surface area contributed by atoms with E-state index >= 15 is 0 Å². The Kier molecular flexibility index (Phi) is 8.15. The van der Waals surface area contributed by atoms with E-state index in [9.17, 15) is 14.0 Å². The normalized spacial score (nSPS) is 19.5. The van der Waals surface area contributed by atoms with Gasteiger partial charge in [-0.25, -0.2) is 4.39 Å². The molecule has 3 N–H and O–H groups in total. The van der Waals surface area contributed by atoms with E-state index in [-0.39, 0.29) is 48.5 Å². The number of benzene rings is 1. The Morgan fingerprint density at radius 3 is 2.50 bits per heavy atom. The largest absolute Gasteiger partial charge is 0.350 e. The summed E-state index contributed by atoms with van der Waals surface area (Å²) in [6.45, 7) is 2.67. The minimum Gasteiger partial charge on any atom is -0.350 e. The second kappa shape index (κ2) is 9.59. The molecular formula is C17H25ClFN3O2. The van der Waals surface area contributed by atoms with Crippen molar-refractivity contribution in [2.24, 2.45) is 11.7 Å². The fourth-order valence-corrected chi connectivity index (χ4v) is 2.91. The van der Waals surface area contributed by atoms with Crippen molar-refractivity contribution < 1.29 is 14.0 Å². The molecule has 1 aliphatic carbocycles. The van der Waals surface area contributed by atoms with Crippen LogP contribution >= 0.6 is 12.4 Å². The topological polar surface area (TPSA) is 75.4 Å². The predicted molar refractivity (Wildman–Crippen MR) is 93.1 cm³/mol. The van der Waals surface area contributed by atoms with Crippen LogP contribution in [0.3, 0.4) is 0 Å². The van der Waals surface area contributed by atoms with Crippen LogP contribution in [0.25, 0.3) is 0 Å². The van der Waals surface area contributed by atoms with Crippen LogP contribution in [0.1, 0.15) is 31.7 Å². The average molecular weight is 358 g/mol. The molecule has 24 heavy (non-hydrogen) atoms. The van der Waals surface area contributed by atoms with Crippen LogP contribution < -0.4 is 11.1 Å². The van der Waals surface area contributed by atoms with Crippen molar-refractivity contribution in [2.75, 3.05) is 13.1 Å². The zero-order valence-corrected chi connectivity index (χ0v) is 14.7. The number of hydrogen-bond donors (Lipinski definition) is 2. The highest BCUT2D eigenvalue weighted by Gasteiger charge is 2.33. The second-order valence-electron chi connectivity index (χ2n) is 5.96. The summed E-state index contributed by atoms with van der Waals surface area (Å²) in [5.41, 5.74) is 6.78. The average Bonchev–Trinajstić information content (AvgIpc) is 2.97. The lowest BCUT2D eigenvalue weighted by molar-refractivity contribution is -0.139. The Morgan fingerprint density at radius 2 is 1.96 bits per heavy atom. The van der Waals surface area contributed by atoms with Gasteiger partial charge < -0.3 is 16.0 Å². The third-order valence-corrected chi connectivity index (χ3v) is 4.32. The molecule has 0 bridgehead atoms. The van der Waals surface area contributed by atoms with E-state index in [0.717, 1.165) is 24.8 Å². The van der Waals surface area contributed by atoms with E-state index < -0.39 is 0 Å². The molecule has 1 saturated carbocycles. The number of likely N-dealkylation sites (N-methyl/N-ethyl adjacent to an activating group) is 1. The Labute approximate surface area is 148 Å². The Balaban J connectivity index is 0.00000288. The van der Waals surface area contributed by atoms with E-state index in [0.29, 0.717) is 13.1 Å². The number of carbonyl (C=O) groups excluding carboxylic acids is 2. The molecule has 1 aliphatic rings. The van der Waals surface area contributed by atoms with Gasteiger partial charge in [-0.15, -0.1) is 12.4 Å². The van der Waals surface area contributed by atoms with E-state index in [2.05, 4.69) is 5.32 Å². The summed E-state index contributed by atoms with van der Waals surface area (Å²) in [5, 5.41) is 2.75. The Bertz CT molecular complexity index is 553. The maximum atomic E-state index is 12.8. The number of nitrogens with two attached hydrogens (primary N) is 1. The lowest BCUT2D eigenvalue weighted by atomic mass is 10.0. The summed E-state index contributed by atoms with van der Waals surface area (Å²) < 4.78 is 12.8. The highest BCUT2D eigenvalue weighted by molar-refractivity contribution is 5.86. The molecule has 2 amide bonds. The SMILES string of the molecule is CCN(CC(=O)NCc1ccc(F)cc1)C(=O)C1CCCC1N.Cl. The number of carbonyl (C=O) groups is 2. The second-order valence-corrected chi connectivity index (χ2v) is 5.96. The van der Waals surface area contributed by atoms with Crippen molar-refractivity contribution in [3.8, 4) is 0 Å². The van der Waals surface area contributed by atoms with Crippen LogP contribution in [-0.2, 0) is 16.1 Å². The third kappa shape index (κ3) is 5.46. The van der Waals surface area contributed by atoms with Crippen molar-refractivity contribution >= 4 is 24.2 Å². The summed E-state index contributed by atoms with van der Waals surface area (Å²) in [4.78, 5) is 26.1. The fraction of sp³-hybridized carbons (Fsp3) is 0.529. The van der Waals surface area contributed by atoms with E-state index in [1.165, 1.54) is 12.1 Å². The molecule has 1 fully saturated rings. The van der Waals surface area contributed by atoms with Gasteiger partial charge >= 0.3 is 0 Å². The van der Waals surface area contributed by atoms with Gasteiger partial charge in [0.1, 0.15) is 5.82 Å². The van der Waals surface area contributed by atoms with Gasteiger partial charge in [0.15, 0.2) is 0 Å². The first kappa shape index (κ1) is 20.4. The monoisotopic (exact) mass is 357 g/mol. The smallest absolute Gasteiger partial charge is 0.239 e. The van der Waals surface area contributed by atoms with E-state index in [1.807, 2.05) is 6.92 Å². The minimum absolute atomic E-state index is 0. The highest BCUT2D eigenvalue weighted by Crippen LogP contribution is 2.25. The van der Waals surface area contributed by atoms with Crippen LogP contribution in [-0.4, -0.2) is 35.8 Å². The molecule has 1 aromatic rings. The Hall–Kier alpha value is -1.66. The molecular weight excluding hydrogens is 333 g/mol. The van der Waals surface area contributed by atoms with Crippen molar-refractivity contribution in [2.45, 2.75) is 38.8 Å². The van der Waals surface area contributed by atoms with Gasteiger partial charge in [0.05, 0.1) is 12.5 Å². The number of hydrogen-bond acceptors (Lipinski definition) is 3. The molecule has 1 aromatic carbocycles. The highest BCUT2D eigenvalue weighted by atomic mass is 35.5. The van der Waals surface area contributed by atoms with Gasteiger partial charge in [0, 0.05) is 19.1 Å². The van der Waals surface area contributed by atoms with Gasteiger partial charge in [0.2, 0.25) is 11.8 Å². The van der Waals surface area contributed by atoms with Gasteiger partial charge in [-0.05, 0) is 37.5 Å². The number of amides is 2. The molecule has 0 aromatic heterocycles. The third-order valence-electron chi connectivity index (χ3n) is 4.32. The maximum Gasteiger partial charge on any atom is 0.239 e. The zero-order valence-electron chi connectivity index (χ0n) is 13.8. The standard InChI is InChI=1S/C17H24FN3O2.ClH/c1-2-21(17(23)14-4-3-5-15(14)19)11-16(22)20-10-12-6-8-13(18)9-7-12;/h6-9,14-15H,2-5,10-11,19H2,1H3,(H,20,22);1H. The Morgan fingerprint density at radius 1 is 1.29 bits per heavy atom. The van der Waals surface area contributed by atoms with Gasteiger partial charge in [0.25, 0.3) is 0 Å².